The Balaban J connectivity index is 1.90. The molecule has 1 fully saturated rings. The third-order valence-electron chi connectivity index (χ3n) is 4.22. The van der Waals surface area contributed by atoms with Crippen molar-refractivity contribution in [2.75, 3.05) is 0 Å². The van der Waals surface area contributed by atoms with Crippen molar-refractivity contribution in [3.05, 3.63) is 0 Å². The third-order valence-corrected chi connectivity index (χ3v) is 4.22. The lowest BCUT2D eigenvalue weighted by Gasteiger charge is -2.15. The van der Waals surface area contributed by atoms with Crippen LogP contribution < -0.4 is 0 Å². The Bertz CT molecular complexity index is 138. The van der Waals surface area contributed by atoms with Crippen LogP contribution in [0.2, 0.25) is 19.0 Å². The van der Waals surface area contributed by atoms with Gasteiger partial charge in [-0.3, -0.25) is 0 Å². The van der Waals surface area contributed by atoms with E-state index in [-0.39, 0.29) is 0 Å². The maximum Gasteiger partial charge on any atom is 0.139 e. The van der Waals surface area contributed by atoms with E-state index >= 15 is 0 Å². The standard InChI is InChI=1S/C14H29B/c1-3-4-5-6-7-10-13-15(2)14-11-8-9-12-14/h14H,3-13H2,1-2H3. The molecule has 88 valence electrons. The van der Waals surface area contributed by atoms with E-state index in [9.17, 15) is 0 Å². The summed E-state index contributed by atoms with van der Waals surface area (Å²) in [6, 6.07) is 0. The van der Waals surface area contributed by atoms with E-state index < -0.39 is 0 Å². The van der Waals surface area contributed by atoms with Gasteiger partial charge in [-0.15, -0.1) is 0 Å². The highest BCUT2D eigenvalue weighted by Gasteiger charge is 2.23. The predicted octanol–water partition coefficient (Wildman–Crippen LogP) is 5.42. The SMILES string of the molecule is CCCCCCCCB(C)C1CCCC1. The fourth-order valence-electron chi connectivity index (χ4n) is 3.01. The van der Waals surface area contributed by atoms with Crippen LogP contribution in [0.4, 0.5) is 0 Å². The summed E-state index contributed by atoms with van der Waals surface area (Å²) in [5.74, 6) is 1.08. The predicted molar refractivity (Wildman–Crippen MR) is 72.0 cm³/mol. The summed E-state index contributed by atoms with van der Waals surface area (Å²) in [5, 5.41) is 0. The van der Waals surface area contributed by atoms with E-state index in [4.69, 9.17) is 0 Å². The second-order valence-electron chi connectivity index (χ2n) is 5.58. The number of unbranched alkanes of at least 4 members (excludes halogenated alkanes) is 5. The zero-order valence-electron chi connectivity index (χ0n) is 10.9. The molecule has 0 saturated heterocycles. The maximum absolute atomic E-state index is 2.49. The molecule has 1 aliphatic rings. The van der Waals surface area contributed by atoms with Crippen molar-refractivity contribution >= 4 is 6.71 Å². The van der Waals surface area contributed by atoms with Gasteiger partial charge in [0.2, 0.25) is 0 Å². The van der Waals surface area contributed by atoms with Gasteiger partial charge in [0.05, 0.1) is 0 Å². The van der Waals surface area contributed by atoms with Crippen molar-refractivity contribution in [1.82, 2.24) is 0 Å². The molecule has 0 aromatic carbocycles. The van der Waals surface area contributed by atoms with Crippen molar-refractivity contribution in [2.24, 2.45) is 0 Å². The molecule has 0 aromatic heterocycles. The van der Waals surface area contributed by atoms with Crippen molar-refractivity contribution in [3.8, 4) is 0 Å². The Labute approximate surface area is 97.3 Å². The van der Waals surface area contributed by atoms with Crippen LogP contribution in [0.15, 0.2) is 0 Å². The molecule has 0 aliphatic heterocycles. The number of hydrogen-bond donors (Lipinski definition) is 0. The average Bonchev–Trinajstić information content (AvgIpc) is 2.76. The molecule has 0 spiro atoms. The maximum atomic E-state index is 2.49. The lowest BCUT2D eigenvalue weighted by Crippen LogP contribution is -2.13. The molecule has 0 radical (unpaired) electrons. The van der Waals surface area contributed by atoms with Crippen molar-refractivity contribution < 1.29 is 0 Å². The second-order valence-corrected chi connectivity index (χ2v) is 5.58. The van der Waals surface area contributed by atoms with Crippen LogP contribution in [0.3, 0.4) is 0 Å². The summed E-state index contributed by atoms with van der Waals surface area (Å²) >= 11 is 0. The lowest BCUT2D eigenvalue weighted by atomic mass is 9.40. The average molecular weight is 208 g/mol. The van der Waals surface area contributed by atoms with Crippen LogP contribution in [0.5, 0.6) is 0 Å². The third kappa shape index (κ3) is 5.63. The van der Waals surface area contributed by atoms with Crippen LogP contribution in [0, 0.1) is 0 Å². The Morgan fingerprint density at radius 3 is 2.20 bits per heavy atom. The Hall–Kier alpha value is 0.0649. The van der Waals surface area contributed by atoms with Gasteiger partial charge < -0.3 is 0 Å². The highest BCUT2D eigenvalue weighted by atomic mass is 14.1. The van der Waals surface area contributed by atoms with Gasteiger partial charge in [0, 0.05) is 0 Å². The minimum atomic E-state index is 1.01. The minimum Gasteiger partial charge on any atom is -0.0859 e. The first kappa shape index (κ1) is 13.1. The van der Waals surface area contributed by atoms with E-state index in [0.717, 1.165) is 12.5 Å². The normalized spacial score (nSPS) is 17.2. The van der Waals surface area contributed by atoms with Crippen molar-refractivity contribution in [2.45, 2.75) is 90.1 Å². The van der Waals surface area contributed by atoms with Gasteiger partial charge in [-0.1, -0.05) is 90.1 Å². The van der Waals surface area contributed by atoms with Gasteiger partial charge in [0.15, 0.2) is 0 Å². The van der Waals surface area contributed by atoms with Gasteiger partial charge in [0.25, 0.3) is 0 Å². The van der Waals surface area contributed by atoms with Crippen molar-refractivity contribution in [1.29, 1.82) is 0 Å². The highest BCUT2D eigenvalue weighted by molar-refractivity contribution is 6.59. The van der Waals surface area contributed by atoms with Crippen LogP contribution >= 0.6 is 0 Å². The fraction of sp³-hybridized carbons (Fsp3) is 1.00. The molecule has 1 saturated carbocycles. The van der Waals surface area contributed by atoms with E-state index in [1.807, 2.05) is 0 Å². The van der Waals surface area contributed by atoms with E-state index in [1.165, 1.54) is 70.5 Å². The van der Waals surface area contributed by atoms with Crippen LogP contribution in [0.1, 0.15) is 71.1 Å². The molecule has 0 amide bonds. The van der Waals surface area contributed by atoms with Crippen LogP contribution in [-0.4, -0.2) is 6.71 Å². The van der Waals surface area contributed by atoms with Gasteiger partial charge in [-0.2, -0.15) is 0 Å². The monoisotopic (exact) mass is 208 g/mol. The molecule has 0 aromatic rings. The van der Waals surface area contributed by atoms with Crippen LogP contribution in [0.25, 0.3) is 0 Å². The Morgan fingerprint density at radius 2 is 1.53 bits per heavy atom. The van der Waals surface area contributed by atoms with Gasteiger partial charge in [-0.25, -0.2) is 0 Å². The molecule has 15 heavy (non-hydrogen) atoms. The van der Waals surface area contributed by atoms with Gasteiger partial charge in [-0.05, 0) is 0 Å². The first-order valence-corrected chi connectivity index (χ1v) is 7.34. The summed E-state index contributed by atoms with van der Waals surface area (Å²) in [4.78, 5) is 0. The van der Waals surface area contributed by atoms with Gasteiger partial charge in [0.1, 0.15) is 6.71 Å². The number of hydrogen-bond acceptors (Lipinski definition) is 0. The van der Waals surface area contributed by atoms with E-state index in [1.54, 1.807) is 0 Å². The lowest BCUT2D eigenvalue weighted by molar-refractivity contribution is 0.621. The number of rotatable bonds is 8. The van der Waals surface area contributed by atoms with Crippen LogP contribution in [-0.2, 0) is 0 Å². The quantitative estimate of drug-likeness (QED) is 0.369. The summed E-state index contributed by atoms with van der Waals surface area (Å²) in [7, 11) is 0. The summed E-state index contributed by atoms with van der Waals surface area (Å²) < 4.78 is 0. The molecule has 0 atom stereocenters. The molecule has 0 heterocycles. The smallest absolute Gasteiger partial charge is 0.0859 e. The second kappa shape index (κ2) is 8.24. The Morgan fingerprint density at radius 1 is 0.933 bits per heavy atom. The molecular formula is C14H29B. The molecule has 0 unspecified atom stereocenters. The summed E-state index contributed by atoms with van der Waals surface area (Å²) in [5.41, 5.74) is 0. The molecule has 0 N–H and O–H groups in total. The van der Waals surface area contributed by atoms with Crippen molar-refractivity contribution in [3.63, 3.8) is 0 Å². The van der Waals surface area contributed by atoms with Gasteiger partial charge >= 0.3 is 0 Å². The van der Waals surface area contributed by atoms with E-state index in [2.05, 4.69) is 13.7 Å². The Kier molecular flexibility index (Phi) is 7.22. The molecular weight excluding hydrogens is 179 g/mol. The van der Waals surface area contributed by atoms with E-state index in [0.29, 0.717) is 0 Å². The zero-order valence-corrected chi connectivity index (χ0v) is 10.9. The first-order valence-electron chi connectivity index (χ1n) is 7.34. The topological polar surface area (TPSA) is 0 Å². The molecule has 1 rings (SSSR count). The highest BCUT2D eigenvalue weighted by Crippen LogP contribution is 2.34. The fourth-order valence-corrected chi connectivity index (χ4v) is 3.01. The first-order chi connectivity index (χ1) is 7.34. The largest absolute Gasteiger partial charge is 0.139 e. The molecule has 1 heteroatoms. The summed E-state index contributed by atoms with van der Waals surface area (Å²) in [6.07, 6.45) is 16.3. The molecule has 0 nitrogen and oxygen atoms in total. The minimum absolute atomic E-state index is 1.01. The molecule has 0 bridgehead atoms. The summed E-state index contributed by atoms with van der Waals surface area (Å²) in [6.45, 7) is 5.79. The zero-order chi connectivity index (χ0) is 10.9. The molecule has 1 aliphatic carbocycles.